The van der Waals surface area contributed by atoms with Gasteiger partial charge in [0.05, 0.1) is 6.54 Å². The van der Waals surface area contributed by atoms with Gasteiger partial charge >= 0.3 is 12.1 Å². The fraction of sp³-hybridized carbons (Fsp3) is 0.250. The van der Waals surface area contributed by atoms with E-state index in [1.165, 1.54) is 0 Å². The molecule has 0 bridgehead atoms. The van der Waals surface area contributed by atoms with Crippen molar-refractivity contribution in [3.05, 3.63) is 59.7 Å². The Labute approximate surface area is 161 Å². The van der Waals surface area contributed by atoms with E-state index >= 15 is 0 Å². The van der Waals surface area contributed by atoms with Gasteiger partial charge in [0.2, 0.25) is 5.91 Å². The van der Waals surface area contributed by atoms with Crippen LogP contribution >= 0.6 is 0 Å². The highest BCUT2D eigenvalue weighted by atomic mass is 16.5. The number of rotatable bonds is 7. The highest BCUT2D eigenvalue weighted by molar-refractivity contribution is 5.83. The van der Waals surface area contributed by atoms with Gasteiger partial charge in [0, 0.05) is 12.5 Å². The third kappa shape index (κ3) is 4.12. The number of amides is 2. The topological polar surface area (TPSA) is 131 Å². The Morgan fingerprint density at radius 1 is 1.04 bits per heavy atom. The summed E-state index contributed by atoms with van der Waals surface area (Å²) in [4.78, 5) is 34.6. The predicted molar refractivity (Wildman–Crippen MR) is 102 cm³/mol. The van der Waals surface area contributed by atoms with Crippen LogP contribution in [0.25, 0.3) is 11.1 Å². The molecule has 0 spiro atoms. The molecule has 0 saturated heterocycles. The number of carbonyl (C=O) groups excluding carboxylic acids is 2. The Hall–Kier alpha value is -3.39. The largest absolute Gasteiger partial charge is 0.480 e. The van der Waals surface area contributed by atoms with Crippen LogP contribution in [0.5, 0.6) is 0 Å². The van der Waals surface area contributed by atoms with Crippen LogP contribution in [-0.4, -0.2) is 48.8 Å². The normalized spacial score (nSPS) is 13.2. The first-order chi connectivity index (χ1) is 13.5. The number of carbonyl (C=O) groups is 3. The maximum atomic E-state index is 12.1. The van der Waals surface area contributed by atoms with Crippen LogP contribution in [0, 0.1) is 0 Å². The van der Waals surface area contributed by atoms with Crippen molar-refractivity contribution in [3.8, 4) is 11.1 Å². The van der Waals surface area contributed by atoms with E-state index < -0.39 is 24.0 Å². The first-order valence-electron chi connectivity index (χ1n) is 8.82. The molecule has 2 amide bonds. The summed E-state index contributed by atoms with van der Waals surface area (Å²) in [7, 11) is 0. The Kier molecular flexibility index (Phi) is 5.90. The van der Waals surface area contributed by atoms with Gasteiger partial charge in [0.25, 0.3) is 0 Å². The molecule has 0 radical (unpaired) electrons. The molecule has 1 aliphatic carbocycles. The summed E-state index contributed by atoms with van der Waals surface area (Å²) in [5.41, 5.74) is 9.47. The number of nitrogens with one attached hydrogen (secondary N) is 2. The van der Waals surface area contributed by atoms with Gasteiger partial charge in [-0.05, 0) is 22.3 Å². The summed E-state index contributed by atoms with van der Waals surface area (Å²) < 4.78 is 5.30. The van der Waals surface area contributed by atoms with Crippen molar-refractivity contribution in [2.75, 3.05) is 19.7 Å². The van der Waals surface area contributed by atoms with Crippen molar-refractivity contribution < 1.29 is 24.2 Å². The van der Waals surface area contributed by atoms with Gasteiger partial charge in [-0.2, -0.15) is 0 Å². The number of carboxylic acids is 1. The third-order valence-electron chi connectivity index (χ3n) is 4.62. The first-order valence-corrected chi connectivity index (χ1v) is 8.82. The van der Waals surface area contributed by atoms with Gasteiger partial charge in [-0.3, -0.25) is 4.79 Å². The first kappa shape index (κ1) is 19.4. The van der Waals surface area contributed by atoms with Crippen molar-refractivity contribution in [2.45, 2.75) is 12.0 Å². The molecule has 8 heteroatoms. The molecule has 5 N–H and O–H groups in total. The number of benzene rings is 2. The van der Waals surface area contributed by atoms with Crippen LogP contribution in [-0.2, 0) is 14.3 Å². The molecular formula is C20H21N3O5. The fourth-order valence-corrected chi connectivity index (χ4v) is 3.27. The Bertz CT molecular complexity index is 853. The Balaban J connectivity index is 1.64. The zero-order chi connectivity index (χ0) is 20.1. The lowest BCUT2D eigenvalue weighted by molar-refractivity contribution is -0.139. The summed E-state index contributed by atoms with van der Waals surface area (Å²) in [6.45, 7) is -0.478. The zero-order valence-electron chi connectivity index (χ0n) is 15.1. The van der Waals surface area contributed by atoms with Crippen LogP contribution in [0.2, 0.25) is 0 Å². The van der Waals surface area contributed by atoms with E-state index in [1.807, 2.05) is 48.5 Å². The van der Waals surface area contributed by atoms with E-state index in [2.05, 4.69) is 10.6 Å². The number of aliphatic carboxylic acids is 1. The lowest BCUT2D eigenvalue weighted by Crippen LogP contribution is -2.49. The molecule has 0 heterocycles. The number of carboxylic acid groups (broad SMARTS) is 1. The zero-order valence-corrected chi connectivity index (χ0v) is 15.1. The van der Waals surface area contributed by atoms with E-state index in [1.54, 1.807) is 0 Å². The number of ether oxygens (including phenoxy) is 1. The van der Waals surface area contributed by atoms with Crippen molar-refractivity contribution in [1.29, 1.82) is 0 Å². The minimum absolute atomic E-state index is 0.0708. The molecule has 0 aliphatic heterocycles. The van der Waals surface area contributed by atoms with E-state index in [9.17, 15) is 19.5 Å². The maximum absolute atomic E-state index is 12.1. The molecule has 0 aromatic heterocycles. The van der Waals surface area contributed by atoms with E-state index in [4.69, 9.17) is 10.5 Å². The molecule has 8 nitrogen and oxygen atoms in total. The SMILES string of the molecule is NCC(=O)NC[C@H](NC(=O)OCC1c2ccccc2-c2ccccc21)C(=O)O. The minimum atomic E-state index is -1.31. The molecule has 1 atom stereocenters. The van der Waals surface area contributed by atoms with Crippen molar-refractivity contribution >= 4 is 18.0 Å². The third-order valence-corrected chi connectivity index (χ3v) is 4.62. The van der Waals surface area contributed by atoms with Gasteiger partial charge < -0.3 is 26.2 Å². The molecular weight excluding hydrogens is 362 g/mol. The number of hydrogen-bond acceptors (Lipinski definition) is 5. The summed E-state index contributed by atoms with van der Waals surface area (Å²) in [5, 5.41) is 13.8. The van der Waals surface area contributed by atoms with Gasteiger partial charge in [0.15, 0.2) is 0 Å². The number of hydrogen-bond donors (Lipinski definition) is 4. The molecule has 0 saturated carbocycles. The fourth-order valence-electron chi connectivity index (χ4n) is 3.27. The van der Waals surface area contributed by atoms with Crippen molar-refractivity contribution in [1.82, 2.24) is 10.6 Å². The molecule has 3 rings (SSSR count). The molecule has 2 aromatic carbocycles. The van der Waals surface area contributed by atoms with Crippen LogP contribution in [0.4, 0.5) is 4.79 Å². The second-order valence-corrected chi connectivity index (χ2v) is 6.37. The second-order valence-electron chi connectivity index (χ2n) is 6.37. The summed E-state index contributed by atoms with van der Waals surface area (Å²) in [5.74, 6) is -1.93. The van der Waals surface area contributed by atoms with E-state index in [0.29, 0.717) is 0 Å². The second kappa shape index (κ2) is 8.53. The van der Waals surface area contributed by atoms with Crippen LogP contribution < -0.4 is 16.4 Å². The number of nitrogens with two attached hydrogens (primary N) is 1. The highest BCUT2D eigenvalue weighted by Crippen LogP contribution is 2.44. The van der Waals surface area contributed by atoms with Crippen molar-refractivity contribution in [3.63, 3.8) is 0 Å². The maximum Gasteiger partial charge on any atom is 0.407 e. The summed E-state index contributed by atoms with van der Waals surface area (Å²) in [6, 6.07) is 14.5. The highest BCUT2D eigenvalue weighted by Gasteiger charge is 2.29. The predicted octanol–water partition coefficient (Wildman–Crippen LogP) is 1.05. The van der Waals surface area contributed by atoms with E-state index in [-0.39, 0.29) is 25.6 Å². The number of fused-ring (bicyclic) bond motifs is 3. The van der Waals surface area contributed by atoms with Crippen LogP contribution in [0.3, 0.4) is 0 Å². The Morgan fingerprint density at radius 3 is 2.14 bits per heavy atom. The van der Waals surface area contributed by atoms with E-state index in [0.717, 1.165) is 22.3 Å². The van der Waals surface area contributed by atoms with Gasteiger partial charge in [-0.1, -0.05) is 48.5 Å². The quantitative estimate of drug-likeness (QED) is 0.565. The van der Waals surface area contributed by atoms with Crippen LogP contribution in [0.15, 0.2) is 48.5 Å². The van der Waals surface area contributed by atoms with Gasteiger partial charge in [0.1, 0.15) is 12.6 Å². The van der Waals surface area contributed by atoms with Gasteiger partial charge in [-0.25, -0.2) is 9.59 Å². The minimum Gasteiger partial charge on any atom is -0.480 e. The summed E-state index contributed by atoms with van der Waals surface area (Å²) >= 11 is 0. The molecule has 28 heavy (non-hydrogen) atoms. The molecule has 1 aliphatic rings. The smallest absolute Gasteiger partial charge is 0.407 e. The standard InChI is InChI=1S/C20H21N3O5/c21-9-18(24)22-10-17(19(25)26)23-20(27)28-11-16-14-7-3-1-5-12(14)13-6-2-4-8-15(13)16/h1-8,16-17H,9-11,21H2,(H,22,24)(H,23,27)(H,25,26)/t17-/m0/s1. The van der Waals surface area contributed by atoms with Gasteiger partial charge in [-0.15, -0.1) is 0 Å². The Morgan fingerprint density at radius 2 is 1.61 bits per heavy atom. The molecule has 0 fully saturated rings. The number of alkyl carbamates (subject to hydrolysis) is 1. The monoisotopic (exact) mass is 383 g/mol. The average Bonchev–Trinajstić information content (AvgIpc) is 3.03. The lowest BCUT2D eigenvalue weighted by Gasteiger charge is -2.17. The molecule has 0 unspecified atom stereocenters. The van der Waals surface area contributed by atoms with Crippen molar-refractivity contribution in [2.24, 2.45) is 5.73 Å². The van der Waals surface area contributed by atoms with Crippen LogP contribution in [0.1, 0.15) is 17.0 Å². The average molecular weight is 383 g/mol. The molecule has 2 aromatic rings. The molecule has 146 valence electrons. The summed E-state index contributed by atoms with van der Waals surface area (Å²) in [6.07, 6.45) is -0.865. The lowest BCUT2D eigenvalue weighted by atomic mass is 9.98.